The fraction of sp³-hybridized carbons (Fsp3) is 0.533. The lowest BCUT2D eigenvalue weighted by atomic mass is 10.1. The monoisotopic (exact) mass is 247 g/mol. The number of aliphatic hydroxyl groups excluding tert-OH is 1. The molecule has 2 rings (SSSR count). The van der Waals surface area contributed by atoms with E-state index in [1.54, 1.807) is 6.92 Å². The Morgan fingerprint density at radius 3 is 2.61 bits per heavy atom. The highest BCUT2D eigenvalue weighted by molar-refractivity contribution is 5.99. The van der Waals surface area contributed by atoms with E-state index in [-0.39, 0.29) is 12.4 Å². The smallest absolute Gasteiger partial charge is 0.161 e. The minimum atomic E-state index is 0.0894. The third kappa shape index (κ3) is 2.72. The Morgan fingerprint density at radius 1 is 1.33 bits per heavy atom. The van der Waals surface area contributed by atoms with Crippen molar-refractivity contribution in [2.45, 2.75) is 38.6 Å². The zero-order valence-corrected chi connectivity index (χ0v) is 10.9. The molecular formula is C15H21NO2. The van der Waals surface area contributed by atoms with Crippen LogP contribution in [0, 0.1) is 0 Å². The summed E-state index contributed by atoms with van der Waals surface area (Å²) < 4.78 is 0. The standard InChI is InChI=1S/C15H21NO2/c1-12(18)14-8-4-5-9-15(14)16(10-11-17)13-6-2-3-7-13/h4-5,8-9,13,17H,2-3,6-7,10-11H2,1H3. The Hall–Kier alpha value is -1.35. The van der Waals surface area contributed by atoms with Crippen LogP contribution in [0.4, 0.5) is 5.69 Å². The summed E-state index contributed by atoms with van der Waals surface area (Å²) in [5.74, 6) is 0.0894. The van der Waals surface area contributed by atoms with E-state index >= 15 is 0 Å². The molecule has 0 bridgehead atoms. The van der Waals surface area contributed by atoms with Crippen molar-refractivity contribution < 1.29 is 9.90 Å². The molecule has 0 heterocycles. The highest BCUT2D eigenvalue weighted by Gasteiger charge is 2.24. The van der Waals surface area contributed by atoms with E-state index in [1.807, 2.05) is 24.3 Å². The molecule has 0 aromatic heterocycles. The van der Waals surface area contributed by atoms with Crippen molar-refractivity contribution >= 4 is 11.5 Å². The van der Waals surface area contributed by atoms with E-state index in [0.717, 1.165) is 24.1 Å². The molecule has 1 aromatic rings. The summed E-state index contributed by atoms with van der Waals surface area (Å²) in [5, 5.41) is 9.26. The van der Waals surface area contributed by atoms with Crippen LogP contribution >= 0.6 is 0 Å². The lowest BCUT2D eigenvalue weighted by Crippen LogP contribution is -2.36. The first-order valence-corrected chi connectivity index (χ1v) is 6.71. The molecule has 1 fully saturated rings. The van der Waals surface area contributed by atoms with Gasteiger partial charge in [0.05, 0.1) is 6.61 Å². The Balaban J connectivity index is 2.32. The molecule has 1 aliphatic rings. The summed E-state index contributed by atoms with van der Waals surface area (Å²) in [6.45, 7) is 2.34. The molecule has 1 aliphatic carbocycles. The van der Waals surface area contributed by atoms with E-state index in [1.165, 1.54) is 12.8 Å². The van der Waals surface area contributed by atoms with Crippen molar-refractivity contribution in [1.82, 2.24) is 0 Å². The lowest BCUT2D eigenvalue weighted by molar-refractivity contribution is 0.101. The molecule has 0 atom stereocenters. The van der Waals surface area contributed by atoms with Gasteiger partial charge in [-0.1, -0.05) is 25.0 Å². The predicted molar refractivity (Wildman–Crippen MR) is 73.1 cm³/mol. The van der Waals surface area contributed by atoms with Gasteiger partial charge in [-0.05, 0) is 31.9 Å². The fourth-order valence-corrected chi connectivity index (χ4v) is 2.85. The van der Waals surface area contributed by atoms with Gasteiger partial charge in [-0.2, -0.15) is 0 Å². The Kier molecular flexibility index (Phi) is 4.37. The van der Waals surface area contributed by atoms with E-state index in [9.17, 15) is 9.90 Å². The summed E-state index contributed by atoms with van der Waals surface area (Å²) in [6.07, 6.45) is 4.81. The van der Waals surface area contributed by atoms with Gasteiger partial charge < -0.3 is 10.0 Å². The number of ketones is 1. The first-order chi connectivity index (χ1) is 8.74. The first kappa shape index (κ1) is 13.1. The normalized spacial score (nSPS) is 15.9. The van der Waals surface area contributed by atoms with Gasteiger partial charge in [0.25, 0.3) is 0 Å². The van der Waals surface area contributed by atoms with Crippen LogP contribution in [0.5, 0.6) is 0 Å². The zero-order valence-electron chi connectivity index (χ0n) is 10.9. The quantitative estimate of drug-likeness (QED) is 0.813. The molecule has 98 valence electrons. The molecule has 0 unspecified atom stereocenters. The van der Waals surface area contributed by atoms with Crippen LogP contribution in [0.1, 0.15) is 43.0 Å². The molecule has 1 aromatic carbocycles. The van der Waals surface area contributed by atoms with Crippen molar-refractivity contribution in [2.75, 3.05) is 18.1 Å². The Bertz CT molecular complexity index is 411. The van der Waals surface area contributed by atoms with Crippen LogP contribution in [-0.4, -0.2) is 30.1 Å². The fourth-order valence-electron chi connectivity index (χ4n) is 2.85. The molecule has 0 radical (unpaired) electrons. The maximum Gasteiger partial charge on any atom is 0.161 e. The lowest BCUT2D eigenvalue weighted by Gasteiger charge is -2.32. The second-order valence-electron chi connectivity index (χ2n) is 4.93. The van der Waals surface area contributed by atoms with E-state index < -0.39 is 0 Å². The topological polar surface area (TPSA) is 40.5 Å². The number of Topliss-reactive ketones (excluding diaryl/α,β-unsaturated/α-hetero) is 1. The molecule has 18 heavy (non-hydrogen) atoms. The van der Waals surface area contributed by atoms with Crippen LogP contribution in [0.3, 0.4) is 0 Å². The maximum atomic E-state index is 11.7. The summed E-state index contributed by atoms with van der Waals surface area (Å²) in [5.41, 5.74) is 1.74. The molecule has 0 amide bonds. The summed E-state index contributed by atoms with van der Waals surface area (Å²) in [7, 11) is 0. The van der Waals surface area contributed by atoms with Crippen LogP contribution in [0.15, 0.2) is 24.3 Å². The average molecular weight is 247 g/mol. The Morgan fingerprint density at radius 2 is 2.00 bits per heavy atom. The van der Waals surface area contributed by atoms with Crippen LogP contribution < -0.4 is 4.90 Å². The van der Waals surface area contributed by atoms with Gasteiger partial charge in [0.1, 0.15) is 0 Å². The number of para-hydroxylation sites is 1. The highest BCUT2D eigenvalue weighted by atomic mass is 16.3. The molecule has 0 saturated heterocycles. The van der Waals surface area contributed by atoms with Crippen LogP contribution in [0.25, 0.3) is 0 Å². The molecule has 1 N–H and O–H groups in total. The van der Waals surface area contributed by atoms with Gasteiger partial charge in [0.15, 0.2) is 5.78 Å². The minimum Gasteiger partial charge on any atom is -0.395 e. The number of nitrogens with zero attached hydrogens (tertiary/aromatic N) is 1. The SMILES string of the molecule is CC(=O)c1ccccc1N(CCO)C1CCCC1. The second-order valence-corrected chi connectivity index (χ2v) is 4.93. The molecule has 1 saturated carbocycles. The molecule has 3 heteroatoms. The van der Waals surface area contributed by atoms with Crippen molar-refractivity contribution in [3.63, 3.8) is 0 Å². The third-order valence-electron chi connectivity index (χ3n) is 3.70. The number of anilines is 1. The number of benzene rings is 1. The van der Waals surface area contributed by atoms with Gasteiger partial charge in [0.2, 0.25) is 0 Å². The summed E-state index contributed by atoms with van der Waals surface area (Å²) in [4.78, 5) is 13.9. The number of hydrogen-bond acceptors (Lipinski definition) is 3. The largest absolute Gasteiger partial charge is 0.395 e. The van der Waals surface area contributed by atoms with Gasteiger partial charge in [0, 0.05) is 23.8 Å². The van der Waals surface area contributed by atoms with Gasteiger partial charge in [-0.15, -0.1) is 0 Å². The van der Waals surface area contributed by atoms with Crippen LogP contribution in [-0.2, 0) is 0 Å². The van der Waals surface area contributed by atoms with Crippen molar-refractivity contribution in [2.24, 2.45) is 0 Å². The molecule has 0 spiro atoms. The van der Waals surface area contributed by atoms with Crippen LogP contribution in [0.2, 0.25) is 0 Å². The number of carbonyl (C=O) groups excluding carboxylic acids is 1. The first-order valence-electron chi connectivity index (χ1n) is 6.71. The van der Waals surface area contributed by atoms with Gasteiger partial charge >= 0.3 is 0 Å². The number of aliphatic hydroxyl groups is 1. The molecule has 0 aliphatic heterocycles. The minimum absolute atomic E-state index is 0.0894. The number of hydrogen-bond donors (Lipinski definition) is 1. The third-order valence-corrected chi connectivity index (χ3v) is 3.70. The maximum absolute atomic E-state index is 11.7. The summed E-state index contributed by atoms with van der Waals surface area (Å²) >= 11 is 0. The van der Waals surface area contributed by atoms with E-state index in [2.05, 4.69) is 4.90 Å². The second kappa shape index (κ2) is 6.01. The summed E-state index contributed by atoms with van der Waals surface area (Å²) in [6, 6.07) is 8.19. The van der Waals surface area contributed by atoms with Gasteiger partial charge in [-0.3, -0.25) is 4.79 Å². The van der Waals surface area contributed by atoms with Gasteiger partial charge in [-0.25, -0.2) is 0 Å². The molecule has 3 nitrogen and oxygen atoms in total. The highest BCUT2D eigenvalue weighted by Crippen LogP contribution is 2.30. The Labute approximate surface area is 108 Å². The van der Waals surface area contributed by atoms with Crippen molar-refractivity contribution in [3.05, 3.63) is 29.8 Å². The van der Waals surface area contributed by atoms with Crippen molar-refractivity contribution in [3.8, 4) is 0 Å². The number of carbonyl (C=O) groups is 1. The molecular weight excluding hydrogens is 226 g/mol. The predicted octanol–water partition coefficient (Wildman–Crippen LogP) is 2.63. The van der Waals surface area contributed by atoms with E-state index in [0.29, 0.717) is 12.6 Å². The van der Waals surface area contributed by atoms with Crippen molar-refractivity contribution in [1.29, 1.82) is 0 Å². The average Bonchev–Trinajstić information content (AvgIpc) is 2.89. The number of rotatable bonds is 5. The van der Waals surface area contributed by atoms with E-state index in [4.69, 9.17) is 0 Å². The zero-order chi connectivity index (χ0) is 13.0.